The summed E-state index contributed by atoms with van der Waals surface area (Å²) >= 11 is 0. The molecular formula is C44H89N2O6P. The van der Waals surface area contributed by atoms with Crippen LogP contribution in [-0.4, -0.2) is 68.5 Å². The van der Waals surface area contributed by atoms with Gasteiger partial charge in [-0.1, -0.05) is 199 Å². The van der Waals surface area contributed by atoms with E-state index in [2.05, 4.69) is 12.2 Å². The molecule has 0 aliphatic rings. The third kappa shape index (κ3) is 39.3. The Morgan fingerprint density at radius 1 is 0.642 bits per heavy atom. The largest absolute Gasteiger partial charge is 0.756 e. The minimum absolute atomic E-state index is 0.0000884. The molecule has 0 aliphatic carbocycles. The maximum Gasteiger partial charge on any atom is 0.268 e. The zero-order valence-electron chi connectivity index (χ0n) is 35.7. The fourth-order valence-corrected chi connectivity index (χ4v) is 7.32. The number of carbonyl (C=O) groups is 1. The highest BCUT2D eigenvalue weighted by molar-refractivity contribution is 7.45. The molecule has 2 N–H and O–H groups in total. The van der Waals surface area contributed by atoms with Crippen molar-refractivity contribution in [2.24, 2.45) is 0 Å². The lowest BCUT2D eigenvalue weighted by molar-refractivity contribution is -0.870. The van der Waals surface area contributed by atoms with Gasteiger partial charge in [-0.15, -0.1) is 0 Å². The molecule has 0 aromatic carbocycles. The number of quaternary nitrogens is 1. The van der Waals surface area contributed by atoms with Gasteiger partial charge in [-0.05, 0) is 19.3 Å². The summed E-state index contributed by atoms with van der Waals surface area (Å²) in [6.07, 6.45) is 42.6. The lowest BCUT2D eigenvalue weighted by Gasteiger charge is -2.29. The second kappa shape index (κ2) is 36.9. The molecule has 0 rings (SSSR count). The Bertz CT molecular complexity index is 880. The van der Waals surface area contributed by atoms with Crippen LogP contribution in [0, 0.1) is 0 Å². The van der Waals surface area contributed by atoms with Gasteiger partial charge >= 0.3 is 0 Å². The topological polar surface area (TPSA) is 108 Å². The number of likely N-dealkylation sites (N-methyl/N-ethyl adjacent to an activating group) is 1. The first kappa shape index (κ1) is 52.2. The molecule has 0 heterocycles. The van der Waals surface area contributed by atoms with Crippen molar-refractivity contribution in [1.82, 2.24) is 5.32 Å². The summed E-state index contributed by atoms with van der Waals surface area (Å²) in [5, 5.41) is 13.5. The Balaban J connectivity index is 3.79. The van der Waals surface area contributed by atoms with Crippen molar-refractivity contribution >= 4 is 13.7 Å². The Morgan fingerprint density at radius 2 is 1.02 bits per heavy atom. The van der Waals surface area contributed by atoms with Gasteiger partial charge in [0.2, 0.25) is 5.91 Å². The van der Waals surface area contributed by atoms with E-state index in [1.54, 1.807) is 6.08 Å². The standard InChI is InChI=1S/C44H89N2O6P/c1-6-8-10-11-12-13-14-15-16-17-18-19-20-21-22-23-24-25-26-27-28-29-30-31-32-33-34-35-36-37-43(47)42(45-44(48)38-9-7-2)41-52-53(49,50)51-40-39-46(3,4)5/h36-37,42-43,47H,6-35,38-41H2,1-5H3,(H-,45,48,49,50)/b37-36+. The average Bonchev–Trinajstić information content (AvgIpc) is 3.11. The number of hydrogen-bond donors (Lipinski definition) is 2. The van der Waals surface area contributed by atoms with E-state index < -0.39 is 20.0 Å². The van der Waals surface area contributed by atoms with Crippen LogP contribution in [0.3, 0.4) is 0 Å². The molecule has 8 nitrogen and oxygen atoms in total. The average molecular weight is 773 g/mol. The molecule has 0 saturated heterocycles. The molecule has 3 unspecified atom stereocenters. The number of amides is 1. The van der Waals surface area contributed by atoms with Crippen molar-refractivity contribution in [2.45, 2.75) is 225 Å². The lowest BCUT2D eigenvalue weighted by atomic mass is 10.0. The van der Waals surface area contributed by atoms with Crippen molar-refractivity contribution in [2.75, 3.05) is 40.9 Å². The van der Waals surface area contributed by atoms with Crippen LogP contribution in [0.2, 0.25) is 0 Å². The second-order valence-corrected chi connectivity index (χ2v) is 18.2. The molecule has 0 saturated carbocycles. The number of phosphoric acid groups is 1. The fraction of sp³-hybridized carbons (Fsp3) is 0.932. The van der Waals surface area contributed by atoms with Crippen molar-refractivity contribution in [3.63, 3.8) is 0 Å². The molecule has 0 aromatic rings. The fourth-order valence-electron chi connectivity index (χ4n) is 6.60. The minimum Gasteiger partial charge on any atom is -0.756 e. The van der Waals surface area contributed by atoms with Crippen LogP contribution in [0.5, 0.6) is 0 Å². The maximum absolute atomic E-state index is 12.3. The normalized spacial score (nSPS) is 14.5. The van der Waals surface area contributed by atoms with E-state index >= 15 is 0 Å². The summed E-state index contributed by atoms with van der Waals surface area (Å²) in [6, 6.07) is -0.876. The number of phosphoric ester groups is 1. The van der Waals surface area contributed by atoms with Crippen LogP contribution in [0.25, 0.3) is 0 Å². The maximum atomic E-state index is 12.3. The van der Waals surface area contributed by atoms with Crippen LogP contribution in [0.4, 0.5) is 0 Å². The molecule has 53 heavy (non-hydrogen) atoms. The van der Waals surface area contributed by atoms with E-state index in [9.17, 15) is 19.4 Å². The van der Waals surface area contributed by atoms with Gasteiger partial charge in [0, 0.05) is 6.42 Å². The first-order chi connectivity index (χ1) is 25.5. The van der Waals surface area contributed by atoms with E-state index in [4.69, 9.17) is 9.05 Å². The molecule has 9 heteroatoms. The van der Waals surface area contributed by atoms with Crippen LogP contribution < -0.4 is 10.2 Å². The van der Waals surface area contributed by atoms with Crippen LogP contribution in [0.1, 0.15) is 213 Å². The molecule has 0 bridgehead atoms. The number of allylic oxidation sites excluding steroid dienone is 1. The highest BCUT2D eigenvalue weighted by atomic mass is 31.2. The predicted octanol–water partition coefficient (Wildman–Crippen LogP) is 11.7. The molecular weight excluding hydrogens is 683 g/mol. The van der Waals surface area contributed by atoms with E-state index in [0.29, 0.717) is 17.4 Å². The Labute approximate surface area is 329 Å². The molecule has 0 fully saturated rings. The predicted molar refractivity (Wildman–Crippen MR) is 224 cm³/mol. The molecule has 316 valence electrons. The second-order valence-electron chi connectivity index (χ2n) is 16.8. The Morgan fingerprint density at radius 3 is 1.40 bits per heavy atom. The number of nitrogens with zero attached hydrogens (tertiary/aromatic N) is 1. The van der Waals surface area contributed by atoms with Gasteiger partial charge in [0.05, 0.1) is 39.9 Å². The summed E-state index contributed by atoms with van der Waals surface area (Å²) in [7, 11) is 1.26. The Hall–Kier alpha value is -0.760. The zero-order chi connectivity index (χ0) is 39.3. The number of unbranched alkanes of at least 4 members (excludes halogenated alkanes) is 28. The lowest BCUT2D eigenvalue weighted by Crippen LogP contribution is -2.45. The van der Waals surface area contributed by atoms with Crippen molar-refractivity contribution in [3.05, 3.63) is 12.2 Å². The van der Waals surface area contributed by atoms with Crippen molar-refractivity contribution in [3.8, 4) is 0 Å². The highest BCUT2D eigenvalue weighted by Gasteiger charge is 2.23. The zero-order valence-corrected chi connectivity index (χ0v) is 36.6. The number of nitrogens with one attached hydrogen (secondary N) is 1. The van der Waals surface area contributed by atoms with Gasteiger partial charge in [0.15, 0.2) is 0 Å². The number of aliphatic hydroxyl groups excluding tert-OH is 1. The summed E-state index contributed by atoms with van der Waals surface area (Å²) < 4.78 is 22.9. The monoisotopic (exact) mass is 773 g/mol. The molecule has 0 aliphatic heterocycles. The van der Waals surface area contributed by atoms with Gasteiger partial charge in [-0.3, -0.25) is 9.36 Å². The molecule has 0 radical (unpaired) electrons. The number of carbonyl (C=O) groups excluding carboxylic acids is 1. The van der Waals surface area contributed by atoms with Crippen LogP contribution in [0.15, 0.2) is 12.2 Å². The quantitative estimate of drug-likeness (QED) is 0.0277. The summed E-state index contributed by atoms with van der Waals surface area (Å²) in [5.41, 5.74) is 0. The number of aliphatic hydroxyl groups is 1. The molecule has 1 amide bonds. The minimum atomic E-state index is -4.56. The Kier molecular flexibility index (Phi) is 36.3. The third-order valence-corrected chi connectivity index (χ3v) is 11.2. The van der Waals surface area contributed by atoms with Gasteiger partial charge in [0.25, 0.3) is 7.82 Å². The number of rotatable bonds is 41. The van der Waals surface area contributed by atoms with Gasteiger partial charge in [-0.2, -0.15) is 0 Å². The third-order valence-electron chi connectivity index (χ3n) is 10.2. The van der Waals surface area contributed by atoms with Gasteiger partial charge in [-0.25, -0.2) is 0 Å². The van der Waals surface area contributed by atoms with Crippen molar-refractivity contribution in [1.29, 1.82) is 0 Å². The van der Waals surface area contributed by atoms with Crippen LogP contribution in [-0.2, 0) is 18.4 Å². The summed E-state index contributed by atoms with van der Waals surface area (Å²) in [4.78, 5) is 24.6. The van der Waals surface area contributed by atoms with E-state index in [1.807, 2.05) is 34.1 Å². The number of hydrogen-bond acceptors (Lipinski definition) is 6. The molecule has 3 atom stereocenters. The highest BCUT2D eigenvalue weighted by Crippen LogP contribution is 2.38. The SMILES string of the molecule is CCCCCCCCCCCCCCCCCCCCCCCCCCCCC/C=C/C(O)C(COP(=O)([O-])OCC[N+](C)(C)C)NC(=O)CCCC. The van der Waals surface area contributed by atoms with Gasteiger partial charge < -0.3 is 28.8 Å². The molecule has 0 spiro atoms. The summed E-state index contributed by atoms with van der Waals surface area (Å²) in [6.45, 7) is 4.41. The van der Waals surface area contributed by atoms with E-state index in [0.717, 1.165) is 32.1 Å². The first-order valence-electron chi connectivity index (χ1n) is 22.6. The van der Waals surface area contributed by atoms with Crippen LogP contribution >= 0.6 is 7.82 Å². The first-order valence-corrected chi connectivity index (χ1v) is 24.0. The van der Waals surface area contributed by atoms with E-state index in [1.165, 1.54) is 161 Å². The van der Waals surface area contributed by atoms with E-state index in [-0.39, 0.29) is 19.1 Å². The van der Waals surface area contributed by atoms with Gasteiger partial charge in [0.1, 0.15) is 13.2 Å². The van der Waals surface area contributed by atoms with Crippen molar-refractivity contribution < 1.29 is 32.9 Å². The molecule has 0 aromatic heterocycles. The summed E-state index contributed by atoms with van der Waals surface area (Å²) in [5.74, 6) is -0.231. The smallest absolute Gasteiger partial charge is 0.268 e.